The van der Waals surface area contributed by atoms with E-state index in [9.17, 15) is 18.8 Å². The molecule has 1 saturated heterocycles. The minimum Gasteiger partial charge on any atom is -0.322 e. The smallest absolute Gasteiger partial charge is 0.322 e. The SMILES string of the molecule is CCCCC1(c2ccc(F)cc2)NC(=O)N(CC(=O)Nc2c(Cl)cccc2Cl)C1=O. The fraction of sp³-hybridized carbons (Fsp3) is 0.286. The third kappa shape index (κ3) is 4.27. The van der Waals surface area contributed by atoms with Gasteiger partial charge in [-0.3, -0.25) is 14.5 Å². The lowest BCUT2D eigenvalue weighted by Gasteiger charge is -2.27. The average molecular weight is 452 g/mol. The van der Waals surface area contributed by atoms with Gasteiger partial charge in [-0.2, -0.15) is 0 Å². The normalized spacial score (nSPS) is 18.5. The van der Waals surface area contributed by atoms with Gasteiger partial charge in [0.25, 0.3) is 5.91 Å². The van der Waals surface area contributed by atoms with Crippen LogP contribution in [0.3, 0.4) is 0 Å². The van der Waals surface area contributed by atoms with Gasteiger partial charge < -0.3 is 10.6 Å². The van der Waals surface area contributed by atoms with Crippen LogP contribution in [0.1, 0.15) is 31.7 Å². The first kappa shape index (κ1) is 22.1. The Hall–Kier alpha value is -2.64. The van der Waals surface area contributed by atoms with E-state index < -0.39 is 35.7 Å². The van der Waals surface area contributed by atoms with Gasteiger partial charge in [-0.1, -0.05) is 61.2 Å². The molecule has 1 atom stereocenters. The van der Waals surface area contributed by atoms with Crippen LogP contribution in [0.2, 0.25) is 10.0 Å². The predicted octanol–water partition coefficient (Wildman–Crippen LogP) is 4.71. The minimum atomic E-state index is -1.34. The highest BCUT2D eigenvalue weighted by Crippen LogP contribution is 2.35. The molecule has 0 saturated carbocycles. The van der Waals surface area contributed by atoms with E-state index in [2.05, 4.69) is 10.6 Å². The molecule has 1 heterocycles. The topological polar surface area (TPSA) is 78.5 Å². The molecule has 0 radical (unpaired) electrons. The Bertz CT molecular complexity index is 964. The summed E-state index contributed by atoms with van der Waals surface area (Å²) in [6, 6.07) is 9.45. The van der Waals surface area contributed by atoms with E-state index in [1.807, 2.05) is 6.92 Å². The zero-order valence-electron chi connectivity index (χ0n) is 16.2. The Morgan fingerprint density at radius 1 is 1.13 bits per heavy atom. The van der Waals surface area contributed by atoms with Gasteiger partial charge in [-0.15, -0.1) is 0 Å². The minimum absolute atomic E-state index is 0.202. The number of rotatable bonds is 7. The molecule has 0 aliphatic carbocycles. The number of halogens is 3. The molecule has 1 aliphatic rings. The summed E-state index contributed by atoms with van der Waals surface area (Å²) in [6.07, 6.45) is 1.77. The largest absolute Gasteiger partial charge is 0.325 e. The van der Waals surface area contributed by atoms with E-state index in [4.69, 9.17) is 23.2 Å². The van der Waals surface area contributed by atoms with E-state index >= 15 is 0 Å². The Morgan fingerprint density at radius 3 is 2.37 bits per heavy atom. The number of unbranched alkanes of at least 4 members (excludes halogenated alkanes) is 1. The number of anilines is 1. The molecular weight excluding hydrogens is 432 g/mol. The van der Waals surface area contributed by atoms with Gasteiger partial charge in [0.2, 0.25) is 5.91 Å². The molecule has 4 amide bonds. The number of nitrogens with one attached hydrogen (secondary N) is 2. The number of carbonyl (C=O) groups is 3. The molecule has 2 aromatic carbocycles. The second kappa shape index (κ2) is 9.02. The molecule has 1 aliphatic heterocycles. The summed E-state index contributed by atoms with van der Waals surface area (Å²) in [6.45, 7) is 1.44. The number of hydrogen-bond donors (Lipinski definition) is 2. The number of hydrogen-bond acceptors (Lipinski definition) is 3. The summed E-state index contributed by atoms with van der Waals surface area (Å²) in [7, 11) is 0. The summed E-state index contributed by atoms with van der Waals surface area (Å²) >= 11 is 12.1. The summed E-state index contributed by atoms with van der Waals surface area (Å²) in [5.41, 5.74) is -0.676. The summed E-state index contributed by atoms with van der Waals surface area (Å²) in [4.78, 5) is 39.2. The second-order valence-electron chi connectivity index (χ2n) is 6.98. The van der Waals surface area contributed by atoms with Crippen molar-refractivity contribution < 1.29 is 18.8 Å². The van der Waals surface area contributed by atoms with Crippen LogP contribution >= 0.6 is 23.2 Å². The molecule has 6 nitrogen and oxygen atoms in total. The van der Waals surface area contributed by atoms with Gasteiger partial charge in [-0.25, -0.2) is 9.18 Å². The van der Waals surface area contributed by atoms with Crippen LogP contribution in [-0.2, 0) is 15.1 Å². The molecule has 2 aromatic rings. The second-order valence-corrected chi connectivity index (χ2v) is 7.80. The summed E-state index contributed by atoms with van der Waals surface area (Å²) in [5.74, 6) is -1.64. The van der Waals surface area contributed by atoms with Gasteiger partial charge in [-0.05, 0) is 36.2 Å². The number of urea groups is 1. The van der Waals surface area contributed by atoms with Crippen molar-refractivity contribution in [3.8, 4) is 0 Å². The van der Waals surface area contributed by atoms with Crippen LogP contribution < -0.4 is 10.6 Å². The third-order valence-corrected chi connectivity index (χ3v) is 5.58. The number of amides is 4. The first-order valence-electron chi connectivity index (χ1n) is 9.42. The molecule has 0 aromatic heterocycles. The van der Waals surface area contributed by atoms with Crippen LogP contribution in [0.15, 0.2) is 42.5 Å². The zero-order valence-corrected chi connectivity index (χ0v) is 17.7. The molecule has 1 unspecified atom stereocenters. The van der Waals surface area contributed by atoms with E-state index in [1.165, 1.54) is 24.3 Å². The fourth-order valence-electron chi connectivity index (χ4n) is 3.40. The Labute approximate surface area is 183 Å². The van der Waals surface area contributed by atoms with Gasteiger partial charge >= 0.3 is 6.03 Å². The van der Waals surface area contributed by atoms with Gasteiger partial charge in [0.1, 0.15) is 17.9 Å². The van der Waals surface area contributed by atoms with Crippen molar-refractivity contribution in [3.63, 3.8) is 0 Å². The molecule has 2 N–H and O–H groups in total. The van der Waals surface area contributed by atoms with E-state index in [-0.39, 0.29) is 15.7 Å². The van der Waals surface area contributed by atoms with Gasteiger partial charge in [0.05, 0.1) is 15.7 Å². The van der Waals surface area contributed by atoms with Crippen molar-refractivity contribution in [2.45, 2.75) is 31.7 Å². The molecule has 0 bridgehead atoms. The van der Waals surface area contributed by atoms with E-state index in [1.54, 1.807) is 18.2 Å². The third-order valence-electron chi connectivity index (χ3n) is 4.95. The van der Waals surface area contributed by atoms with Crippen molar-refractivity contribution in [3.05, 3.63) is 63.9 Å². The number of carbonyl (C=O) groups excluding carboxylic acids is 3. The molecule has 1 fully saturated rings. The van der Waals surface area contributed by atoms with Crippen LogP contribution in [0.5, 0.6) is 0 Å². The standard InChI is InChI=1S/C21H20Cl2FN3O3/c1-2-3-11-21(13-7-9-14(24)10-8-13)19(29)27(20(30)26-21)12-17(28)25-18-15(22)5-4-6-16(18)23/h4-10H,2-3,11-12H2,1H3,(H,25,28)(H,26,30). The maximum absolute atomic E-state index is 13.4. The van der Waals surface area contributed by atoms with Gasteiger partial charge in [0.15, 0.2) is 0 Å². The molecular formula is C21H20Cl2FN3O3. The van der Waals surface area contributed by atoms with Crippen molar-refractivity contribution in [2.24, 2.45) is 0 Å². The summed E-state index contributed by atoms with van der Waals surface area (Å²) in [5, 5.41) is 5.72. The number of benzene rings is 2. The average Bonchev–Trinajstić information content (AvgIpc) is 2.95. The lowest BCUT2D eigenvalue weighted by molar-refractivity contribution is -0.134. The number of imide groups is 1. The zero-order chi connectivity index (χ0) is 21.9. The Morgan fingerprint density at radius 2 is 1.77 bits per heavy atom. The monoisotopic (exact) mass is 451 g/mol. The Kier molecular flexibility index (Phi) is 6.63. The highest BCUT2D eigenvalue weighted by atomic mass is 35.5. The van der Waals surface area contributed by atoms with E-state index in [0.717, 1.165) is 11.3 Å². The lowest BCUT2D eigenvalue weighted by atomic mass is 9.85. The molecule has 0 spiro atoms. The fourth-order valence-corrected chi connectivity index (χ4v) is 3.89. The predicted molar refractivity (Wildman–Crippen MR) is 113 cm³/mol. The number of para-hydroxylation sites is 1. The molecule has 9 heteroatoms. The quantitative estimate of drug-likeness (QED) is 0.598. The van der Waals surface area contributed by atoms with Crippen LogP contribution in [-0.4, -0.2) is 29.3 Å². The first-order chi connectivity index (χ1) is 14.3. The molecule has 30 heavy (non-hydrogen) atoms. The lowest BCUT2D eigenvalue weighted by Crippen LogP contribution is -2.44. The van der Waals surface area contributed by atoms with Gasteiger partial charge in [0, 0.05) is 0 Å². The van der Waals surface area contributed by atoms with Crippen molar-refractivity contribution in [2.75, 3.05) is 11.9 Å². The first-order valence-corrected chi connectivity index (χ1v) is 10.2. The summed E-state index contributed by atoms with van der Waals surface area (Å²) < 4.78 is 13.4. The molecule has 3 rings (SSSR count). The highest BCUT2D eigenvalue weighted by molar-refractivity contribution is 6.39. The maximum atomic E-state index is 13.4. The molecule has 158 valence electrons. The van der Waals surface area contributed by atoms with Crippen molar-refractivity contribution in [1.29, 1.82) is 0 Å². The van der Waals surface area contributed by atoms with Crippen molar-refractivity contribution in [1.82, 2.24) is 10.2 Å². The van der Waals surface area contributed by atoms with Crippen LogP contribution in [0.4, 0.5) is 14.9 Å². The number of nitrogens with zero attached hydrogens (tertiary/aromatic N) is 1. The van der Waals surface area contributed by atoms with Crippen LogP contribution in [0, 0.1) is 5.82 Å². The highest BCUT2D eigenvalue weighted by Gasteiger charge is 2.52. The Balaban J connectivity index is 1.84. The van der Waals surface area contributed by atoms with Crippen LogP contribution in [0.25, 0.3) is 0 Å². The maximum Gasteiger partial charge on any atom is 0.325 e. The van der Waals surface area contributed by atoms with E-state index in [0.29, 0.717) is 18.4 Å². The van der Waals surface area contributed by atoms with Crippen molar-refractivity contribution >= 4 is 46.7 Å².